The maximum absolute atomic E-state index is 14.7. The van der Waals surface area contributed by atoms with Gasteiger partial charge >= 0.3 is 0 Å². The van der Waals surface area contributed by atoms with Gasteiger partial charge in [-0.05, 0) is 50.2 Å². The number of anilines is 2. The highest BCUT2D eigenvalue weighted by Crippen LogP contribution is 2.32. The van der Waals surface area contributed by atoms with Gasteiger partial charge in [-0.2, -0.15) is 0 Å². The number of aromatic nitrogens is 2. The molecule has 1 fully saturated rings. The molecule has 5 N–H and O–H groups in total. The largest absolute Gasteiger partial charge is 0.397 e. The fraction of sp³-hybridized carbons (Fsp3) is 0.333. The standard InChI is InChI=1S/C27H29F3N6O2/c1-15(2)34-26(38)16-3-4-19(28)18(11-16)21-6-5-20(31)25(35-21)23(37)12-17-13-33-9-7-22(17)36-10-8-27(29,30)24(32)14-36/h3-7,9,11,13,15,24H,8,10,12,14,31-32H2,1-2H3,(H,34,38). The Morgan fingerprint density at radius 2 is 1.97 bits per heavy atom. The number of hydrogen-bond acceptors (Lipinski definition) is 7. The van der Waals surface area contributed by atoms with E-state index in [4.69, 9.17) is 11.5 Å². The second-order valence-corrected chi connectivity index (χ2v) is 9.62. The quantitative estimate of drug-likeness (QED) is 0.402. The molecule has 3 aromatic rings. The number of ketones is 1. The van der Waals surface area contributed by atoms with Crippen LogP contribution in [0.1, 0.15) is 46.7 Å². The maximum atomic E-state index is 14.7. The Morgan fingerprint density at radius 1 is 1.21 bits per heavy atom. The van der Waals surface area contributed by atoms with E-state index >= 15 is 0 Å². The van der Waals surface area contributed by atoms with Gasteiger partial charge in [-0.1, -0.05) is 0 Å². The summed E-state index contributed by atoms with van der Waals surface area (Å²) in [5.41, 5.74) is 13.3. The summed E-state index contributed by atoms with van der Waals surface area (Å²) in [4.78, 5) is 35.9. The molecule has 1 amide bonds. The summed E-state index contributed by atoms with van der Waals surface area (Å²) in [5.74, 6) is -4.40. The molecule has 1 saturated heterocycles. The molecule has 1 unspecified atom stereocenters. The predicted octanol–water partition coefficient (Wildman–Crippen LogP) is 3.60. The number of pyridine rings is 2. The SMILES string of the molecule is CC(C)NC(=O)c1ccc(F)c(-c2ccc(N)c(C(=O)Cc3cnccc3N3CCC(F)(F)C(N)C3)n2)c1. The number of Topliss-reactive ketones (excluding diaryl/α,β-unsaturated/α-hetero) is 1. The number of benzene rings is 1. The minimum Gasteiger partial charge on any atom is -0.397 e. The van der Waals surface area contributed by atoms with Crippen molar-refractivity contribution >= 4 is 23.1 Å². The number of alkyl halides is 2. The van der Waals surface area contributed by atoms with Crippen LogP contribution in [0.15, 0.2) is 48.8 Å². The Hall–Kier alpha value is -3.99. The van der Waals surface area contributed by atoms with Crippen LogP contribution in [0.4, 0.5) is 24.5 Å². The Morgan fingerprint density at radius 3 is 2.68 bits per heavy atom. The van der Waals surface area contributed by atoms with E-state index in [1.165, 1.54) is 42.7 Å². The molecule has 2 aromatic heterocycles. The van der Waals surface area contributed by atoms with E-state index in [1.807, 2.05) is 13.8 Å². The third kappa shape index (κ3) is 5.77. The highest BCUT2D eigenvalue weighted by molar-refractivity contribution is 6.01. The van der Waals surface area contributed by atoms with Gasteiger partial charge in [0.1, 0.15) is 11.5 Å². The summed E-state index contributed by atoms with van der Waals surface area (Å²) in [7, 11) is 0. The van der Waals surface area contributed by atoms with Crippen LogP contribution in [-0.4, -0.2) is 52.8 Å². The first kappa shape index (κ1) is 27.1. The molecule has 3 heterocycles. The van der Waals surface area contributed by atoms with Crippen molar-refractivity contribution in [1.29, 1.82) is 0 Å². The lowest BCUT2D eigenvalue weighted by Gasteiger charge is -2.38. The number of carbonyl (C=O) groups excluding carboxylic acids is 2. The highest BCUT2D eigenvalue weighted by atomic mass is 19.3. The summed E-state index contributed by atoms with van der Waals surface area (Å²) in [6, 6.07) is 7.03. The smallest absolute Gasteiger partial charge is 0.266 e. The van der Waals surface area contributed by atoms with Crippen LogP contribution in [0.2, 0.25) is 0 Å². The summed E-state index contributed by atoms with van der Waals surface area (Å²) in [6.45, 7) is 3.62. The van der Waals surface area contributed by atoms with Crippen LogP contribution in [0.25, 0.3) is 11.3 Å². The molecule has 0 spiro atoms. The molecule has 11 heteroatoms. The van der Waals surface area contributed by atoms with E-state index in [2.05, 4.69) is 15.3 Å². The number of hydrogen-bond donors (Lipinski definition) is 3. The van der Waals surface area contributed by atoms with E-state index in [-0.39, 0.29) is 59.7 Å². The number of piperidine rings is 1. The van der Waals surface area contributed by atoms with Gasteiger partial charge in [-0.15, -0.1) is 0 Å². The monoisotopic (exact) mass is 526 g/mol. The maximum Gasteiger partial charge on any atom is 0.266 e. The molecular formula is C27H29F3N6O2. The molecule has 4 rings (SSSR count). The van der Waals surface area contributed by atoms with E-state index < -0.39 is 30.0 Å². The van der Waals surface area contributed by atoms with Crippen LogP contribution >= 0.6 is 0 Å². The molecule has 0 radical (unpaired) electrons. The van der Waals surface area contributed by atoms with Crippen molar-refractivity contribution in [2.45, 2.75) is 44.7 Å². The summed E-state index contributed by atoms with van der Waals surface area (Å²) in [6.07, 6.45) is 2.44. The number of nitrogens with one attached hydrogen (secondary N) is 1. The molecule has 1 atom stereocenters. The van der Waals surface area contributed by atoms with Gasteiger partial charge in [-0.25, -0.2) is 18.2 Å². The zero-order valence-corrected chi connectivity index (χ0v) is 21.0. The predicted molar refractivity (Wildman–Crippen MR) is 139 cm³/mol. The number of nitrogens with zero attached hydrogens (tertiary/aromatic N) is 3. The number of rotatable bonds is 7. The zero-order chi connectivity index (χ0) is 27.6. The molecule has 0 bridgehead atoms. The van der Waals surface area contributed by atoms with Crippen molar-refractivity contribution in [1.82, 2.24) is 15.3 Å². The molecule has 8 nitrogen and oxygen atoms in total. The molecule has 1 aliphatic rings. The van der Waals surface area contributed by atoms with Gasteiger partial charge in [0, 0.05) is 66.7 Å². The third-order valence-corrected chi connectivity index (χ3v) is 6.36. The lowest BCUT2D eigenvalue weighted by molar-refractivity contribution is -0.0393. The van der Waals surface area contributed by atoms with Crippen molar-refractivity contribution < 1.29 is 22.8 Å². The Labute approximate surface area is 218 Å². The van der Waals surface area contributed by atoms with Crippen LogP contribution in [0.5, 0.6) is 0 Å². The number of amides is 1. The topological polar surface area (TPSA) is 127 Å². The van der Waals surface area contributed by atoms with Crippen LogP contribution in [-0.2, 0) is 6.42 Å². The van der Waals surface area contributed by atoms with Crippen molar-refractivity contribution in [3.63, 3.8) is 0 Å². The fourth-order valence-electron chi connectivity index (χ4n) is 4.32. The summed E-state index contributed by atoms with van der Waals surface area (Å²) in [5, 5.41) is 2.75. The first-order chi connectivity index (χ1) is 18.0. The van der Waals surface area contributed by atoms with E-state index in [9.17, 15) is 22.8 Å². The minimum atomic E-state index is -2.96. The van der Waals surface area contributed by atoms with Gasteiger partial charge < -0.3 is 21.7 Å². The fourth-order valence-corrected chi connectivity index (χ4v) is 4.32. The third-order valence-electron chi connectivity index (χ3n) is 6.36. The van der Waals surface area contributed by atoms with Gasteiger partial charge in [0.05, 0.1) is 17.4 Å². The molecular weight excluding hydrogens is 497 g/mol. The summed E-state index contributed by atoms with van der Waals surface area (Å²) >= 11 is 0. The molecule has 0 aliphatic carbocycles. The van der Waals surface area contributed by atoms with Crippen LogP contribution < -0.4 is 21.7 Å². The molecule has 38 heavy (non-hydrogen) atoms. The first-order valence-corrected chi connectivity index (χ1v) is 12.2. The normalized spacial score (nSPS) is 16.9. The average molecular weight is 527 g/mol. The van der Waals surface area contributed by atoms with E-state index in [1.54, 1.807) is 11.0 Å². The molecule has 200 valence electrons. The lowest BCUT2D eigenvalue weighted by atomic mass is 9.99. The Kier molecular flexibility index (Phi) is 7.68. The molecule has 0 saturated carbocycles. The number of nitrogens with two attached hydrogens (primary N) is 2. The zero-order valence-electron chi connectivity index (χ0n) is 21.0. The van der Waals surface area contributed by atoms with Crippen molar-refractivity contribution in [3.8, 4) is 11.3 Å². The van der Waals surface area contributed by atoms with Crippen molar-refractivity contribution in [3.05, 3.63) is 71.4 Å². The second-order valence-electron chi connectivity index (χ2n) is 9.62. The van der Waals surface area contributed by atoms with E-state index in [0.29, 0.717) is 11.3 Å². The lowest BCUT2D eigenvalue weighted by Crippen LogP contribution is -2.55. The van der Waals surface area contributed by atoms with Crippen molar-refractivity contribution in [2.75, 3.05) is 23.7 Å². The minimum absolute atomic E-state index is 0.0424. The number of halogens is 3. The average Bonchev–Trinajstić information content (AvgIpc) is 2.86. The molecule has 1 aromatic carbocycles. The van der Waals surface area contributed by atoms with Crippen LogP contribution in [0, 0.1) is 5.82 Å². The van der Waals surface area contributed by atoms with Crippen LogP contribution in [0.3, 0.4) is 0 Å². The van der Waals surface area contributed by atoms with Gasteiger partial charge in [0.2, 0.25) is 0 Å². The second kappa shape index (κ2) is 10.8. The van der Waals surface area contributed by atoms with Gasteiger partial charge in [0.25, 0.3) is 11.8 Å². The van der Waals surface area contributed by atoms with Crippen molar-refractivity contribution in [2.24, 2.45) is 5.73 Å². The Bertz CT molecular complexity index is 1360. The highest BCUT2D eigenvalue weighted by Gasteiger charge is 2.42. The molecule has 1 aliphatic heterocycles. The first-order valence-electron chi connectivity index (χ1n) is 12.2. The van der Waals surface area contributed by atoms with Gasteiger partial charge in [0.15, 0.2) is 5.78 Å². The summed E-state index contributed by atoms with van der Waals surface area (Å²) < 4.78 is 42.6. The number of nitrogen functional groups attached to an aromatic ring is 1. The van der Waals surface area contributed by atoms with E-state index in [0.717, 1.165) is 0 Å². The number of carbonyl (C=O) groups is 2. The van der Waals surface area contributed by atoms with Gasteiger partial charge in [-0.3, -0.25) is 14.6 Å². The Balaban J connectivity index is 1.61.